The average Bonchev–Trinajstić information content (AvgIpc) is 3.69. The number of halogens is 4. The van der Waals surface area contributed by atoms with Crippen LogP contribution >= 0.6 is 11.6 Å². The van der Waals surface area contributed by atoms with Crippen LogP contribution in [-0.4, -0.2) is 35.2 Å². The van der Waals surface area contributed by atoms with Gasteiger partial charge in [0.15, 0.2) is 22.5 Å². The van der Waals surface area contributed by atoms with E-state index in [4.69, 9.17) is 19.1 Å². The summed E-state index contributed by atoms with van der Waals surface area (Å²) in [7, 11) is 0. The average molecular weight is 590 g/mol. The molecule has 0 spiro atoms. The van der Waals surface area contributed by atoms with Crippen molar-refractivity contribution in [3.05, 3.63) is 86.3 Å². The van der Waals surface area contributed by atoms with Gasteiger partial charge in [0.05, 0.1) is 26.4 Å². The van der Waals surface area contributed by atoms with Crippen molar-refractivity contribution in [1.82, 2.24) is 34.6 Å². The van der Waals surface area contributed by atoms with Gasteiger partial charge >= 0.3 is 0 Å². The molecule has 41 heavy (non-hydrogen) atoms. The van der Waals surface area contributed by atoms with Gasteiger partial charge in [0, 0.05) is 24.2 Å². The lowest BCUT2D eigenvalue weighted by Crippen LogP contribution is -2.42. The maximum atomic E-state index is 15.1. The van der Waals surface area contributed by atoms with E-state index in [9.17, 15) is 18.4 Å². The second-order valence-electron chi connectivity index (χ2n) is 10.1. The lowest BCUT2D eigenvalue weighted by molar-refractivity contribution is -0.124. The maximum Gasteiger partial charge on any atom is 0.280 e. The third-order valence-electron chi connectivity index (χ3n) is 6.40. The first-order valence-corrected chi connectivity index (χ1v) is 12.8. The number of ether oxygens (including phenoxy) is 1. The molecular formula is C27H25ClF3N7O3. The first-order valence-electron chi connectivity index (χ1n) is 13.4. The number of aromatic nitrogens is 6. The number of carbonyl (C=O) groups is 1. The van der Waals surface area contributed by atoms with Crippen molar-refractivity contribution in [3.8, 4) is 17.4 Å². The third-order valence-corrected chi connectivity index (χ3v) is 6.72. The number of aryl methyl sites for hydroxylation is 2. The van der Waals surface area contributed by atoms with E-state index < -0.39 is 51.7 Å². The summed E-state index contributed by atoms with van der Waals surface area (Å²) in [6.45, 7) is 3.39. The number of hydrogen-bond acceptors (Lipinski definition) is 7. The van der Waals surface area contributed by atoms with Gasteiger partial charge in [0.2, 0.25) is 11.8 Å². The fourth-order valence-corrected chi connectivity index (χ4v) is 4.26. The number of hydrogen-bond donors (Lipinski definition) is 1. The molecule has 14 heteroatoms. The highest BCUT2D eigenvalue weighted by molar-refractivity contribution is 6.31. The van der Waals surface area contributed by atoms with E-state index in [0.29, 0.717) is 17.8 Å². The van der Waals surface area contributed by atoms with Gasteiger partial charge in [-0.05, 0) is 46.1 Å². The summed E-state index contributed by atoms with van der Waals surface area (Å²) in [6, 6.07) is 1.89. The zero-order valence-electron chi connectivity index (χ0n) is 24.3. The minimum absolute atomic E-state index is 0.00393. The van der Waals surface area contributed by atoms with Crippen molar-refractivity contribution in [1.29, 1.82) is 0 Å². The highest BCUT2D eigenvalue weighted by atomic mass is 35.5. The molecule has 4 aromatic rings. The number of rotatable bonds is 8. The molecule has 214 valence electrons. The van der Waals surface area contributed by atoms with Crippen molar-refractivity contribution in [2.45, 2.75) is 52.6 Å². The summed E-state index contributed by atoms with van der Waals surface area (Å²) in [4.78, 5) is 37.6. The van der Waals surface area contributed by atoms with E-state index in [-0.39, 0.29) is 34.8 Å². The topological polar surface area (TPSA) is 117 Å². The van der Waals surface area contributed by atoms with Crippen LogP contribution < -0.4 is 15.6 Å². The minimum atomic E-state index is -2.97. The van der Waals surface area contributed by atoms with Gasteiger partial charge in [0.1, 0.15) is 29.6 Å². The van der Waals surface area contributed by atoms with Crippen LogP contribution in [0.1, 0.15) is 52.2 Å². The van der Waals surface area contributed by atoms with Crippen LogP contribution in [0.2, 0.25) is 5.02 Å². The first-order chi connectivity index (χ1) is 20.1. The number of pyridine rings is 2. The van der Waals surface area contributed by atoms with Crippen LogP contribution in [0.25, 0.3) is 11.5 Å². The first kappa shape index (κ1) is 25.7. The van der Waals surface area contributed by atoms with Crippen molar-refractivity contribution < 1.29 is 25.4 Å². The normalized spacial score (nSPS) is 14.4. The summed E-state index contributed by atoms with van der Waals surface area (Å²) in [5.74, 6) is -3.76. The van der Waals surface area contributed by atoms with Gasteiger partial charge in [-0.1, -0.05) is 11.6 Å². The molecule has 1 N–H and O–H groups in total. The Morgan fingerprint density at radius 2 is 1.93 bits per heavy atom. The second kappa shape index (κ2) is 10.6. The number of nitrogens with zero attached hydrogens (tertiary/aromatic N) is 6. The van der Waals surface area contributed by atoms with Crippen LogP contribution in [-0.2, 0) is 16.9 Å². The molecule has 1 fully saturated rings. The molecule has 0 saturated heterocycles. The van der Waals surface area contributed by atoms with Gasteiger partial charge in [0.25, 0.3) is 5.56 Å². The van der Waals surface area contributed by atoms with Gasteiger partial charge in [-0.25, -0.2) is 22.8 Å². The van der Waals surface area contributed by atoms with Crippen LogP contribution in [0.3, 0.4) is 0 Å². The molecule has 1 amide bonds. The summed E-state index contributed by atoms with van der Waals surface area (Å²) in [5.41, 5.74) is -2.10. The van der Waals surface area contributed by atoms with E-state index in [0.717, 1.165) is 23.6 Å². The van der Waals surface area contributed by atoms with Crippen LogP contribution in [0, 0.1) is 37.2 Å². The Labute approximate surface area is 240 Å². The van der Waals surface area contributed by atoms with E-state index >= 15 is 4.39 Å². The Balaban J connectivity index is 1.49. The predicted octanol–water partition coefficient (Wildman–Crippen LogP) is 4.24. The number of carbonyl (C=O) groups excluding carboxylic acids is 1. The molecule has 10 nitrogen and oxygen atoms in total. The highest BCUT2D eigenvalue weighted by Gasteiger charge is 2.36. The molecule has 0 atom stereocenters. The summed E-state index contributed by atoms with van der Waals surface area (Å²) < 4.78 is 66.2. The molecule has 1 aliphatic rings. The molecule has 0 radical (unpaired) electrons. The van der Waals surface area contributed by atoms with Gasteiger partial charge in [-0.15, -0.1) is 0 Å². The smallest absolute Gasteiger partial charge is 0.280 e. The molecule has 5 rings (SSSR count). The zero-order chi connectivity index (χ0) is 31.4. The Hall–Kier alpha value is -4.26. The Morgan fingerprint density at radius 3 is 2.61 bits per heavy atom. The molecular weight excluding hydrogens is 563 g/mol. The van der Waals surface area contributed by atoms with Crippen LogP contribution in [0.15, 0.2) is 35.5 Å². The third kappa shape index (κ3) is 5.67. The summed E-state index contributed by atoms with van der Waals surface area (Å²) >= 11 is 6.25. The molecule has 0 bridgehead atoms. The lowest BCUT2D eigenvalue weighted by atomic mass is 10.00. The standard InChI is InChI=1S/C27H25ClF3N7O3/c1-13-9-33-21(37-11-18(31)23(36-37)27(3,4)35-24(39)15-5-6-15)8-20(13)38-14(2)34-25(22(28)26(38)40)41-12-19-17(30)7-16(29)10-32-19/h7-11,15H,5-6,12H2,1-4H3,(H,35,39)/i12D2. The van der Waals surface area contributed by atoms with Crippen LogP contribution in [0.4, 0.5) is 13.2 Å². The summed E-state index contributed by atoms with van der Waals surface area (Å²) in [6.07, 6.45) is 4.72. The fraction of sp³-hybridized carbons (Fsp3) is 0.333. The number of amides is 1. The molecule has 1 saturated carbocycles. The van der Waals surface area contributed by atoms with Crippen molar-refractivity contribution >= 4 is 17.5 Å². The Bertz CT molecular complexity index is 1830. The minimum Gasteiger partial charge on any atom is -0.470 e. The predicted molar refractivity (Wildman–Crippen MR) is 142 cm³/mol. The molecule has 4 aromatic heterocycles. The number of nitrogens with one attached hydrogen (secondary N) is 1. The SMILES string of the molecule is [2H]C([2H])(Oc1nc(C)n(-c2cc(-n3cc(F)c(C(C)(C)NC(=O)C4CC4)n3)ncc2C)c(=O)c1Cl)c1ncc(F)cc1F. The van der Waals surface area contributed by atoms with E-state index in [1.165, 1.54) is 23.9 Å². The van der Waals surface area contributed by atoms with Gasteiger partial charge < -0.3 is 10.1 Å². The lowest BCUT2D eigenvalue weighted by Gasteiger charge is -2.24. The van der Waals surface area contributed by atoms with Crippen molar-refractivity contribution in [2.24, 2.45) is 5.92 Å². The summed E-state index contributed by atoms with van der Waals surface area (Å²) in [5, 5.41) is 6.51. The van der Waals surface area contributed by atoms with Crippen LogP contribution in [0.5, 0.6) is 5.88 Å². The van der Waals surface area contributed by atoms with Gasteiger partial charge in [-0.2, -0.15) is 10.1 Å². The maximum absolute atomic E-state index is 15.1. The fourth-order valence-electron chi connectivity index (χ4n) is 4.10. The van der Waals surface area contributed by atoms with E-state index in [1.807, 2.05) is 0 Å². The molecule has 0 aliphatic heterocycles. The van der Waals surface area contributed by atoms with E-state index in [2.05, 4.69) is 25.4 Å². The molecule has 0 unspecified atom stereocenters. The molecule has 0 aromatic carbocycles. The quantitative estimate of drug-likeness (QED) is 0.327. The zero-order valence-corrected chi connectivity index (χ0v) is 23.1. The monoisotopic (exact) mass is 589 g/mol. The van der Waals surface area contributed by atoms with Crippen molar-refractivity contribution in [3.63, 3.8) is 0 Å². The largest absolute Gasteiger partial charge is 0.470 e. The Morgan fingerprint density at radius 1 is 1.20 bits per heavy atom. The molecule has 1 aliphatic carbocycles. The van der Waals surface area contributed by atoms with E-state index in [1.54, 1.807) is 20.8 Å². The Kier molecular flexibility index (Phi) is 6.65. The second-order valence-corrected chi connectivity index (χ2v) is 10.5. The molecule has 4 heterocycles. The van der Waals surface area contributed by atoms with Crippen molar-refractivity contribution in [2.75, 3.05) is 0 Å². The highest BCUT2D eigenvalue weighted by Crippen LogP contribution is 2.31. The van der Waals surface area contributed by atoms with Gasteiger partial charge in [-0.3, -0.25) is 19.1 Å².